The smallest absolute Gasteiger partial charge is 0.744 e. The molecule has 0 N–H and O–H groups in total. The third-order valence-electron chi connectivity index (χ3n) is 9.43. The first-order valence-electron chi connectivity index (χ1n) is 17.6. The number of hydrogen-bond donors (Lipinski definition) is 0. The van der Waals surface area contributed by atoms with Crippen LogP contribution in [0, 0.1) is 13.8 Å². The fourth-order valence-corrected chi connectivity index (χ4v) is 7.23. The summed E-state index contributed by atoms with van der Waals surface area (Å²) in [7, 11) is -4.52. The van der Waals surface area contributed by atoms with Crippen LogP contribution in [0.15, 0.2) is 126 Å². The van der Waals surface area contributed by atoms with Crippen molar-refractivity contribution in [3.63, 3.8) is 0 Å². The van der Waals surface area contributed by atoms with Gasteiger partial charge in [0.05, 0.1) is 4.90 Å². The zero-order chi connectivity index (χ0) is 35.8. The zero-order valence-electron chi connectivity index (χ0n) is 31.2. The molecule has 1 aliphatic rings. The summed E-state index contributed by atoms with van der Waals surface area (Å²) in [4.78, 5) is 4.34. The summed E-state index contributed by atoms with van der Waals surface area (Å²) in [6.07, 6.45) is 8.95. The van der Waals surface area contributed by atoms with Crippen molar-refractivity contribution >= 4 is 32.8 Å². The van der Waals surface area contributed by atoms with Crippen LogP contribution in [0.3, 0.4) is 0 Å². The maximum Gasteiger partial charge on any atom is 1.00 e. The SMILES string of the molecule is CCN(CC)c1ccc(C(=C2C=CC(=[N+](CC)Cc3cccc(C)c3)C=C2)c2ccc(N(CC)Cc3cccc(S(=O)(=O)[O-])c3)cc2)c(C)c1.[Na+]. The Bertz CT molecular complexity index is 2040. The van der Waals surface area contributed by atoms with Gasteiger partial charge in [-0.05, 0) is 130 Å². The molecule has 0 saturated carbocycles. The zero-order valence-corrected chi connectivity index (χ0v) is 34.0. The second-order valence-corrected chi connectivity index (χ2v) is 14.1. The van der Waals surface area contributed by atoms with Crippen LogP contribution in [0.2, 0.25) is 0 Å². The van der Waals surface area contributed by atoms with Gasteiger partial charge in [-0.1, -0.05) is 54.1 Å². The third kappa shape index (κ3) is 10.00. The molecule has 4 aromatic rings. The Morgan fingerprint density at radius 1 is 0.706 bits per heavy atom. The number of allylic oxidation sites excluding steroid dienone is 5. The van der Waals surface area contributed by atoms with Gasteiger partial charge < -0.3 is 14.4 Å². The summed E-state index contributed by atoms with van der Waals surface area (Å²) in [5, 5.41) is 0. The number of benzene rings is 4. The Balaban J connectivity index is 0.00000583. The van der Waals surface area contributed by atoms with E-state index in [1.807, 2.05) is 6.07 Å². The fraction of sp³-hybridized carbons (Fsp3) is 0.279. The Morgan fingerprint density at radius 3 is 1.92 bits per heavy atom. The van der Waals surface area contributed by atoms with Crippen LogP contribution in [0.25, 0.3) is 5.57 Å². The van der Waals surface area contributed by atoms with E-state index in [2.05, 4.69) is 147 Å². The van der Waals surface area contributed by atoms with E-state index in [1.54, 1.807) is 6.07 Å². The molecule has 0 bridgehead atoms. The summed E-state index contributed by atoms with van der Waals surface area (Å²) in [5.41, 5.74) is 12.6. The molecule has 0 spiro atoms. The van der Waals surface area contributed by atoms with Gasteiger partial charge in [0, 0.05) is 55.3 Å². The molecule has 5 rings (SSSR count). The molecule has 0 amide bonds. The van der Waals surface area contributed by atoms with Crippen LogP contribution in [0.1, 0.15) is 61.1 Å². The van der Waals surface area contributed by atoms with Crippen molar-refractivity contribution in [2.45, 2.75) is 59.5 Å². The molecule has 8 heteroatoms. The number of rotatable bonds is 13. The van der Waals surface area contributed by atoms with Crippen molar-refractivity contribution in [2.24, 2.45) is 0 Å². The summed E-state index contributed by atoms with van der Waals surface area (Å²) in [6, 6.07) is 30.4. The summed E-state index contributed by atoms with van der Waals surface area (Å²) in [6.45, 7) is 17.8. The average Bonchev–Trinajstić information content (AvgIpc) is 3.11. The topological polar surface area (TPSA) is 66.7 Å². The van der Waals surface area contributed by atoms with E-state index in [9.17, 15) is 13.0 Å². The van der Waals surface area contributed by atoms with Crippen LogP contribution in [0.4, 0.5) is 11.4 Å². The maximum absolute atomic E-state index is 11.6. The first kappa shape index (κ1) is 40.1. The summed E-state index contributed by atoms with van der Waals surface area (Å²) in [5.74, 6) is 0. The maximum atomic E-state index is 11.6. The molecule has 4 aromatic carbocycles. The predicted molar refractivity (Wildman–Crippen MR) is 207 cm³/mol. The van der Waals surface area contributed by atoms with Crippen molar-refractivity contribution in [1.82, 2.24) is 0 Å². The van der Waals surface area contributed by atoms with Crippen molar-refractivity contribution in [1.29, 1.82) is 0 Å². The van der Waals surface area contributed by atoms with Crippen LogP contribution in [0.5, 0.6) is 0 Å². The van der Waals surface area contributed by atoms with E-state index >= 15 is 0 Å². The molecule has 0 fully saturated rings. The van der Waals surface area contributed by atoms with Gasteiger partial charge in [0.25, 0.3) is 0 Å². The molecule has 0 aromatic heterocycles. The van der Waals surface area contributed by atoms with E-state index in [4.69, 9.17) is 0 Å². The quantitative estimate of drug-likeness (QED) is 0.102. The van der Waals surface area contributed by atoms with Crippen LogP contribution in [-0.4, -0.2) is 49.4 Å². The van der Waals surface area contributed by atoms with Gasteiger partial charge in [-0.15, -0.1) is 0 Å². The second kappa shape index (κ2) is 18.2. The minimum atomic E-state index is -4.52. The number of anilines is 2. The Kier molecular flexibility index (Phi) is 14.3. The molecule has 260 valence electrons. The molecular formula is C43H49N3NaO3S+. The Morgan fingerprint density at radius 2 is 1.33 bits per heavy atom. The molecule has 0 unspecified atom stereocenters. The van der Waals surface area contributed by atoms with Gasteiger partial charge in [0.2, 0.25) is 0 Å². The first-order chi connectivity index (χ1) is 24.0. The van der Waals surface area contributed by atoms with Gasteiger partial charge in [0.1, 0.15) is 16.7 Å². The van der Waals surface area contributed by atoms with Crippen LogP contribution >= 0.6 is 0 Å². The molecule has 0 saturated heterocycles. The van der Waals surface area contributed by atoms with Gasteiger partial charge >= 0.3 is 29.6 Å². The van der Waals surface area contributed by atoms with Crippen molar-refractivity contribution in [3.8, 4) is 0 Å². The number of nitrogens with zero attached hydrogens (tertiary/aromatic N) is 3. The minimum absolute atomic E-state index is 0. The number of aryl methyl sites for hydroxylation is 2. The Labute approximate surface area is 327 Å². The largest absolute Gasteiger partial charge is 1.00 e. The average molecular weight is 711 g/mol. The van der Waals surface area contributed by atoms with E-state index in [-0.39, 0.29) is 34.5 Å². The number of hydrogen-bond acceptors (Lipinski definition) is 5. The van der Waals surface area contributed by atoms with Gasteiger partial charge in [-0.3, -0.25) is 0 Å². The molecule has 0 radical (unpaired) electrons. The third-order valence-corrected chi connectivity index (χ3v) is 10.3. The molecule has 0 heterocycles. The molecule has 0 aliphatic heterocycles. The summed E-state index contributed by atoms with van der Waals surface area (Å²) >= 11 is 0. The molecule has 0 atom stereocenters. The van der Waals surface area contributed by atoms with E-state index in [0.29, 0.717) is 13.1 Å². The van der Waals surface area contributed by atoms with Crippen molar-refractivity contribution in [3.05, 3.63) is 154 Å². The standard InChI is InChI=1S/C43H49N3O3S.Na/c1-7-44(8-2)40-25-26-42(33(6)28-40)43(36-17-21-38(22-18-36)45(9-3)30-34-14-11-13-32(5)27-34)37-19-23-39(24-20-37)46(10-4)31-35-15-12-16-41(29-35)50(47,48)49;/h11-29H,7-10,30-31H2,1-6H3;/q;+1. The van der Waals surface area contributed by atoms with Crippen LogP contribution in [-0.2, 0) is 23.2 Å². The van der Waals surface area contributed by atoms with Crippen molar-refractivity contribution in [2.75, 3.05) is 36.0 Å². The van der Waals surface area contributed by atoms with Crippen molar-refractivity contribution < 1.29 is 47.1 Å². The molecular weight excluding hydrogens is 662 g/mol. The van der Waals surface area contributed by atoms with E-state index < -0.39 is 10.1 Å². The summed E-state index contributed by atoms with van der Waals surface area (Å²) < 4.78 is 37.3. The van der Waals surface area contributed by atoms with E-state index in [0.717, 1.165) is 48.6 Å². The molecule has 1 aliphatic carbocycles. The normalized spacial score (nSPS) is 12.5. The second-order valence-electron chi connectivity index (χ2n) is 12.8. The van der Waals surface area contributed by atoms with Crippen LogP contribution < -0.4 is 39.4 Å². The minimum Gasteiger partial charge on any atom is -0.744 e. The molecule has 51 heavy (non-hydrogen) atoms. The predicted octanol–water partition coefficient (Wildman–Crippen LogP) is 5.69. The van der Waals surface area contributed by atoms with Gasteiger partial charge in [-0.25, -0.2) is 13.0 Å². The van der Waals surface area contributed by atoms with E-state index in [1.165, 1.54) is 51.4 Å². The fourth-order valence-electron chi connectivity index (χ4n) is 6.69. The Hall–Kier alpha value is -3.72. The van der Waals surface area contributed by atoms with Gasteiger partial charge in [-0.2, -0.15) is 0 Å². The first-order valence-corrected chi connectivity index (χ1v) is 19.0. The monoisotopic (exact) mass is 710 g/mol. The van der Waals surface area contributed by atoms with Gasteiger partial charge in [0.15, 0.2) is 12.3 Å². The molecule has 6 nitrogen and oxygen atoms in total.